The summed E-state index contributed by atoms with van der Waals surface area (Å²) in [6.45, 7) is 6.40. The Morgan fingerprint density at radius 3 is 3.12 bits per heavy atom. The van der Waals surface area contributed by atoms with Crippen molar-refractivity contribution in [1.29, 1.82) is 5.26 Å². The molecule has 1 aliphatic heterocycles. The number of aryl methyl sites for hydroxylation is 1. The fourth-order valence-electron chi connectivity index (χ4n) is 2.03. The molecule has 0 N–H and O–H groups in total. The Morgan fingerprint density at radius 2 is 2.41 bits per heavy atom. The molecule has 0 aliphatic carbocycles. The van der Waals surface area contributed by atoms with Gasteiger partial charge < -0.3 is 9.64 Å². The van der Waals surface area contributed by atoms with Gasteiger partial charge in [-0.3, -0.25) is 0 Å². The highest BCUT2D eigenvalue weighted by Crippen LogP contribution is 2.21. The lowest BCUT2D eigenvalue weighted by atomic mass is 10.2. The van der Waals surface area contributed by atoms with Crippen LogP contribution < -0.4 is 4.90 Å². The first-order valence-corrected chi connectivity index (χ1v) is 5.99. The second-order valence-corrected chi connectivity index (χ2v) is 4.28. The van der Waals surface area contributed by atoms with Gasteiger partial charge in [0.05, 0.1) is 18.3 Å². The van der Waals surface area contributed by atoms with Crippen LogP contribution in [-0.2, 0) is 4.74 Å². The van der Waals surface area contributed by atoms with Gasteiger partial charge in [-0.15, -0.1) is 0 Å². The van der Waals surface area contributed by atoms with Crippen molar-refractivity contribution in [3.63, 3.8) is 0 Å². The number of rotatable bonds is 2. The average Bonchev–Trinajstić information content (AvgIpc) is 2.39. The number of ether oxygens (including phenoxy) is 1. The molecule has 0 bridgehead atoms. The van der Waals surface area contributed by atoms with Crippen LogP contribution in [0.4, 0.5) is 5.82 Å². The fourth-order valence-corrected chi connectivity index (χ4v) is 2.03. The highest BCUT2D eigenvalue weighted by molar-refractivity contribution is 5.54. The van der Waals surface area contributed by atoms with Crippen LogP contribution >= 0.6 is 0 Å². The van der Waals surface area contributed by atoms with Crippen molar-refractivity contribution in [2.24, 2.45) is 0 Å². The van der Waals surface area contributed by atoms with Crippen LogP contribution in [0, 0.1) is 18.3 Å². The van der Waals surface area contributed by atoms with Crippen LogP contribution in [0.15, 0.2) is 12.1 Å². The summed E-state index contributed by atoms with van der Waals surface area (Å²) < 4.78 is 5.63. The van der Waals surface area contributed by atoms with Crippen LogP contribution in [0.1, 0.15) is 24.6 Å². The summed E-state index contributed by atoms with van der Waals surface area (Å²) >= 11 is 0. The molecule has 1 saturated heterocycles. The fraction of sp³-hybridized carbons (Fsp3) is 0.538. The molecule has 1 aliphatic rings. The van der Waals surface area contributed by atoms with Gasteiger partial charge in [0.1, 0.15) is 11.9 Å². The molecule has 17 heavy (non-hydrogen) atoms. The van der Waals surface area contributed by atoms with Gasteiger partial charge in [-0.25, -0.2) is 4.98 Å². The van der Waals surface area contributed by atoms with E-state index in [0.717, 1.165) is 31.0 Å². The Bertz CT molecular complexity index is 439. The van der Waals surface area contributed by atoms with E-state index in [1.807, 2.05) is 19.1 Å². The van der Waals surface area contributed by atoms with Gasteiger partial charge in [-0.05, 0) is 25.5 Å². The second-order valence-electron chi connectivity index (χ2n) is 4.28. The van der Waals surface area contributed by atoms with Gasteiger partial charge in [-0.1, -0.05) is 6.92 Å². The van der Waals surface area contributed by atoms with E-state index in [4.69, 9.17) is 10.00 Å². The third-order valence-electron chi connectivity index (χ3n) is 3.03. The first kappa shape index (κ1) is 11.9. The van der Waals surface area contributed by atoms with Gasteiger partial charge in [0.15, 0.2) is 0 Å². The molecular weight excluding hydrogens is 214 g/mol. The van der Waals surface area contributed by atoms with E-state index in [1.165, 1.54) is 0 Å². The Morgan fingerprint density at radius 1 is 1.59 bits per heavy atom. The molecule has 4 nitrogen and oxygen atoms in total. The Kier molecular flexibility index (Phi) is 3.60. The minimum Gasteiger partial charge on any atom is -0.375 e. The molecule has 2 rings (SSSR count). The molecule has 0 aromatic carbocycles. The maximum absolute atomic E-state index is 9.12. The van der Waals surface area contributed by atoms with Crippen molar-refractivity contribution in [2.75, 3.05) is 24.6 Å². The normalized spacial score (nSPS) is 20.1. The standard InChI is InChI=1S/C13H17N3O/c1-3-12-9-16(6-7-17-12)13-11(8-14)5-4-10(2)15-13/h4-5,12H,3,6-7,9H2,1-2H3. The van der Waals surface area contributed by atoms with Gasteiger partial charge in [0, 0.05) is 18.8 Å². The van der Waals surface area contributed by atoms with E-state index in [-0.39, 0.29) is 6.10 Å². The first-order valence-electron chi connectivity index (χ1n) is 5.99. The van der Waals surface area contributed by atoms with Gasteiger partial charge >= 0.3 is 0 Å². The third kappa shape index (κ3) is 2.56. The zero-order valence-corrected chi connectivity index (χ0v) is 10.3. The van der Waals surface area contributed by atoms with Crippen molar-refractivity contribution in [2.45, 2.75) is 26.4 Å². The first-order chi connectivity index (χ1) is 8.24. The Labute approximate surface area is 102 Å². The number of aromatic nitrogens is 1. The lowest BCUT2D eigenvalue weighted by molar-refractivity contribution is 0.0381. The van der Waals surface area contributed by atoms with Crippen LogP contribution in [0.5, 0.6) is 0 Å². The summed E-state index contributed by atoms with van der Waals surface area (Å²) in [6.07, 6.45) is 1.24. The molecule has 0 saturated carbocycles. The van der Waals surface area contributed by atoms with Gasteiger partial charge in [0.2, 0.25) is 0 Å². The quantitative estimate of drug-likeness (QED) is 0.779. The summed E-state index contributed by atoms with van der Waals surface area (Å²) in [7, 11) is 0. The summed E-state index contributed by atoms with van der Waals surface area (Å²) in [5, 5.41) is 9.12. The summed E-state index contributed by atoms with van der Waals surface area (Å²) in [5.41, 5.74) is 1.59. The number of nitrogens with zero attached hydrogens (tertiary/aromatic N) is 3. The zero-order chi connectivity index (χ0) is 12.3. The molecule has 0 spiro atoms. The number of hydrogen-bond acceptors (Lipinski definition) is 4. The molecule has 4 heteroatoms. The molecule has 1 unspecified atom stereocenters. The van der Waals surface area contributed by atoms with E-state index < -0.39 is 0 Å². The molecule has 1 fully saturated rings. The third-order valence-corrected chi connectivity index (χ3v) is 3.03. The van der Waals surface area contributed by atoms with Gasteiger partial charge in [0.25, 0.3) is 0 Å². The number of morpholine rings is 1. The van der Waals surface area contributed by atoms with E-state index in [1.54, 1.807) is 0 Å². The van der Waals surface area contributed by atoms with Crippen molar-refractivity contribution in [3.05, 3.63) is 23.4 Å². The monoisotopic (exact) mass is 231 g/mol. The molecule has 0 amide bonds. The molecule has 1 atom stereocenters. The Balaban J connectivity index is 2.27. The second kappa shape index (κ2) is 5.15. The highest BCUT2D eigenvalue weighted by atomic mass is 16.5. The molecule has 1 aromatic rings. The van der Waals surface area contributed by atoms with Crippen LogP contribution in [-0.4, -0.2) is 30.8 Å². The molecular formula is C13H17N3O. The maximum atomic E-state index is 9.12. The summed E-state index contributed by atoms with van der Waals surface area (Å²) in [6, 6.07) is 5.92. The van der Waals surface area contributed by atoms with Crippen molar-refractivity contribution in [1.82, 2.24) is 4.98 Å². The minimum absolute atomic E-state index is 0.248. The minimum atomic E-state index is 0.248. The lowest BCUT2D eigenvalue weighted by Crippen LogP contribution is -2.43. The maximum Gasteiger partial charge on any atom is 0.146 e. The molecule has 1 aromatic heterocycles. The highest BCUT2D eigenvalue weighted by Gasteiger charge is 2.22. The Hall–Kier alpha value is -1.60. The van der Waals surface area contributed by atoms with Crippen molar-refractivity contribution < 1.29 is 4.74 Å². The average molecular weight is 231 g/mol. The van der Waals surface area contributed by atoms with E-state index in [0.29, 0.717) is 12.2 Å². The number of hydrogen-bond donors (Lipinski definition) is 0. The topological polar surface area (TPSA) is 49.2 Å². The largest absolute Gasteiger partial charge is 0.375 e. The van der Waals surface area contributed by atoms with Crippen LogP contribution in [0.3, 0.4) is 0 Å². The number of nitriles is 1. The number of anilines is 1. The van der Waals surface area contributed by atoms with Crippen LogP contribution in [0.25, 0.3) is 0 Å². The molecule has 2 heterocycles. The van der Waals surface area contributed by atoms with E-state index in [9.17, 15) is 0 Å². The predicted octanol–water partition coefficient (Wildman–Crippen LogP) is 1.88. The lowest BCUT2D eigenvalue weighted by Gasteiger charge is -2.33. The van der Waals surface area contributed by atoms with Crippen LogP contribution in [0.2, 0.25) is 0 Å². The van der Waals surface area contributed by atoms with Crippen molar-refractivity contribution >= 4 is 5.82 Å². The summed E-state index contributed by atoms with van der Waals surface area (Å²) in [4.78, 5) is 6.64. The van der Waals surface area contributed by atoms with Crippen molar-refractivity contribution in [3.8, 4) is 6.07 Å². The van der Waals surface area contributed by atoms with E-state index in [2.05, 4.69) is 22.9 Å². The number of pyridine rings is 1. The van der Waals surface area contributed by atoms with Gasteiger partial charge in [-0.2, -0.15) is 5.26 Å². The summed E-state index contributed by atoms with van der Waals surface area (Å²) in [5.74, 6) is 0.800. The molecule has 0 radical (unpaired) electrons. The zero-order valence-electron chi connectivity index (χ0n) is 10.3. The smallest absolute Gasteiger partial charge is 0.146 e. The molecule has 90 valence electrons. The SMILES string of the molecule is CCC1CN(c2nc(C)ccc2C#N)CCO1. The van der Waals surface area contributed by atoms with E-state index >= 15 is 0 Å². The predicted molar refractivity (Wildman–Crippen MR) is 65.9 cm³/mol.